The van der Waals surface area contributed by atoms with Crippen molar-refractivity contribution in [1.29, 1.82) is 0 Å². The Kier molecular flexibility index (Phi) is 5.21. The molecule has 0 atom stereocenters. The van der Waals surface area contributed by atoms with Crippen LogP contribution in [-0.4, -0.2) is 40.2 Å². The second-order valence-corrected chi connectivity index (χ2v) is 3.55. The molecule has 0 amide bonds. The SMILES string of the molecule is O=C(O)CCc1nc(COCC(F)(F)C(F)F)no1. The molecule has 1 rings (SSSR count). The van der Waals surface area contributed by atoms with Crippen molar-refractivity contribution < 1.29 is 36.7 Å². The number of carboxylic acids is 1. The molecule has 1 aromatic rings. The minimum atomic E-state index is -4.24. The molecule has 6 nitrogen and oxygen atoms in total. The summed E-state index contributed by atoms with van der Waals surface area (Å²) in [4.78, 5) is 13.9. The molecule has 0 aliphatic carbocycles. The molecule has 108 valence electrons. The molecule has 0 bridgehead atoms. The number of hydrogen-bond acceptors (Lipinski definition) is 5. The van der Waals surface area contributed by atoms with E-state index in [1.165, 1.54) is 0 Å². The number of alkyl halides is 4. The monoisotopic (exact) mass is 286 g/mol. The maximum atomic E-state index is 12.5. The van der Waals surface area contributed by atoms with Crippen LogP contribution in [0.4, 0.5) is 17.6 Å². The number of aryl methyl sites for hydroxylation is 1. The Labute approximate surface area is 104 Å². The highest BCUT2D eigenvalue weighted by Gasteiger charge is 2.41. The second-order valence-electron chi connectivity index (χ2n) is 3.55. The fraction of sp³-hybridized carbons (Fsp3) is 0.667. The van der Waals surface area contributed by atoms with Gasteiger partial charge in [0.2, 0.25) is 5.89 Å². The maximum Gasteiger partial charge on any atom is 0.330 e. The molecule has 10 heteroatoms. The Morgan fingerprint density at radius 2 is 2.16 bits per heavy atom. The van der Waals surface area contributed by atoms with Crippen LogP contribution in [-0.2, 0) is 22.6 Å². The van der Waals surface area contributed by atoms with Gasteiger partial charge in [0.25, 0.3) is 0 Å². The quantitative estimate of drug-likeness (QED) is 0.729. The molecule has 0 saturated carbocycles. The Hall–Kier alpha value is -1.71. The number of hydrogen-bond donors (Lipinski definition) is 1. The lowest BCUT2D eigenvalue weighted by atomic mass is 10.3. The van der Waals surface area contributed by atoms with Gasteiger partial charge in [-0.25, -0.2) is 8.78 Å². The summed E-state index contributed by atoms with van der Waals surface area (Å²) in [7, 11) is 0. The molecule has 1 aromatic heterocycles. The molecular weight excluding hydrogens is 276 g/mol. The lowest BCUT2D eigenvalue weighted by Crippen LogP contribution is -2.32. The van der Waals surface area contributed by atoms with Crippen molar-refractivity contribution in [3.05, 3.63) is 11.7 Å². The topological polar surface area (TPSA) is 85.5 Å². The van der Waals surface area contributed by atoms with Gasteiger partial charge in [0.05, 0.1) is 6.42 Å². The van der Waals surface area contributed by atoms with Crippen LogP contribution in [0.5, 0.6) is 0 Å². The van der Waals surface area contributed by atoms with Gasteiger partial charge >= 0.3 is 18.3 Å². The molecule has 0 spiro atoms. The fourth-order valence-corrected chi connectivity index (χ4v) is 1.01. The Bertz CT molecular complexity index is 424. The van der Waals surface area contributed by atoms with Crippen LogP contribution >= 0.6 is 0 Å². The van der Waals surface area contributed by atoms with Gasteiger partial charge in [-0.1, -0.05) is 5.16 Å². The van der Waals surface area contributed by atoms with E-state index in [0.717, 1.165) is 0 Å². The van der Waals surface area contributed by atoms with Crippen LogP contribution in [0.1, 0.15) is 18.1 Å². The lowest BCUT2D eigenvalue weighted by molar-refractivity contribution is -0.168. The van der Waals surface area contributed by atoms with E-state index >= 15 is 0 Å². The van der Waals surface area contributed by atoms with E-state index in [2.05, 4.69) is 19.4 Å². The lowest BCUT2D eigenvalue weighted by Gasteiger charge is -2.14. The Balaban J connectivity index is 2.36. The van der Waals surface area contributed by atoms with Crippen molar-refractivity contribution in [2.45, 2.75) is 31.8 Å². The zero-order valence-electron chi connectivity index (χ0n) is 9.48. The summed E-state index contributed by atoms with van der Waals surface area (Å²) in [5.74, 6) is -5.42. The standard InChI is InChI=1S/C9H10F4N2O4/c10-8(11)9(12,13)4-18-3-5-14-6(19-15-5)1-2-7(16)17/h8H,1-4H2,(H,16,17). The molecule has 1 heterocycles. The molecule has 0 saturated heterocycles. The molecule has 19 heavy (non-hydrogen) atoms. The Morgan fingerprint density at radius 1 is 1.47 bits per heavy atom. The van der Waals surface area contributed by atoms with Gasteiger partial charge in [-0.05, 0) is 0 Å². The van der Waals surface area contributed by atoms with Crippen molar-refractivity contribution in [3.8, 4) is 0 Å². The summed E-state index contributed by atoms with van der Waals surface area (Å²) in [5, 5.41) is 11.7. The molecule has 0 fully saturated rings. The molecule has 0 aromatic carbocycles. The highest BCUT2D eigenvalue weighted by molar-refractivity contribution is 5.66. The molecule has 1 N–H and O–H groups in total. The van der Waals surface area contributed by atoms with Crippen molar-refractivity contribution in [2.24, 2.45) is 0 Å². The number of rotatable bonds is 8. The van der Waals surface area contributed by atoms with Gasteiger partial charge in [-0.2, -0.15) is 13.8 Å². The average Bonchev–Trinajstić information content (AvgIpc) is 2.74. The van der Waals surface area contributed by atoms with E-state index in [1.54, 1.807) is 0 Å². The van der Waals surface area contributed by atoms with Gasteiger partial charge in [-0.3, -0.25) is 4.79 Å². The molecule has 0 aliphatic heterocycles. The van der Waals surface area contributed by atoms with Crippen LogP contribution in [0, 0.1) is 0 Å². The third-order valence-corrected chi connectivity index (χ3v) is 1.91. The smallest absolute Gasteiger partial charge is 0.330 e. The first kappa shape index (κ1) is 15.3. The van der Waals surface area contributed by atoms with Gasteiger partial charge in [0.15, 0.2) is 5.82 Å². The van der Waals surface area contributed by atoms with Crippen LogP contribution < -0.4 is 0 Å². The summed E-state index contributed by atoms with van der Waals surface area (Å²) in [6.45, 7) is -2.00. The van der Waals surface area contributed by atoms with Crippen molar-refractivity contribution in [3.63, 3.8) is 0 Å². The van der Waals surface area contributed by atoms with E-state index in [9.17, 15) is 22.4 Å². The van der Waals surface area contributed by atoms with E-state index in [4.69, 9.17) is 5.11 Å². The van der Waals surface area contributed by atoms with Gasteiger partial charge in [-0.15, -0.1) is 0 Å². The van der Waals surface area contributed by atoms with Crippen LogP contribution in [0.15, 0.2) is 4.52 Å². The fourth-order valence-electron chi connectivity index (χ4n) is 1.01. The predicted molar refractivity (Wildman–Crippen MR) is 50.9 cm³/mol. The average molecular weight is 286 g/mol. The van der Waals surface area contributed by atoms with Gasteiger partial charge < -0.3 is 14.4 Å². The van der Waals surface area contributed by atoms with Crippen LogP contribution in [0.25, 0.3) is 0 Å². The number of aromatic nitrogens is 2. The molecule has 0 aliphatic rings. The first-order valence-corrected chi connectivity index (χ1v) is 5.08. The third-order valence-electron chi connectivity index (χ3n) is 1.91. The van der Waals surface area contributed by atoms with Crippen molar-refractivity contribution in [1.82, 2.24) is 10.1 Å². The minimum absolute atomic E-state index is 0.00150. The van der Waals surface area contributed by atoms with Crippen LogP contribution in [0.2, 0.25) is 0 Å². The Morgan fingerprint density at radius 3 is 2.74 bits per heavy atom. The molecule has 0 radical (unpaired) electrons. The minimum Gasteiger partial charge on any atom is -0.481 e. The summed E-state index contributed by atoms with van der Waals surface area (Å²) in [6, 6.07) is 0. The van der Waals surface area contributed by atoms with Crippen molar-refractivity contribution >= 4 is 5.97 Å². The maximum absolute atomic E-state index is 12.5. The van der Waals surface area contributed by atoms with E-state index < -0.39 is 31.5 Å². The molecule has 0 unspecified atom stereocenters. The van der Waals surface area contributed by atoms with E-state index in [-0.39, 0.29) is 24.6 Å². The first-order chi connectivity index (χ1) is 8.81. The first-order valence-electron chi connectivity index (χ1n) is 5.08. The van der Waals surface area contributed by atoms with Gasteiger partial charge in [0, 0.05) is 6.42 Å². The number of carboxylic acid groups (broad SMARTS) is 1. The predicted octanol–water partition coefficient (Wildman–Crippen LogP) is 1.50. The van der Waals surface area contributed by atoms with Crippen molar-refractivity contribution in [2.75, 3.05) is 6.61 Å². The molecular formula is C9H10F4N2O4. The summed E-state index contributed by atoms with van der Waals surface area (Å²) in [6.07, 6.45) is -4.06. The highest BCUT2D eigenvalue weighted by Crippen LogP contribution is 2.23. The van der Waals surface area contributed by atoms with Crippen LogP contribution in [0.3, 0.4) is 0 Å². The van der Waals surface area contributed by atoms with E-state index in [1.807, 2.05) is 0 Å². The summed E-state index contributed by atoms with van der Waals surface area (Å²) < 4.78 is 57.4. The van der Waals surface area contributed by atoms with Gasteiger partial charge in [0.1, 0.15) is 13.2 Å². The summed E-state index contributed by atoms with van der Waals surface area (Å²) >= 11 is 0. The third kappa shape index (κ3) is 5.20. The number of ether oxygens (including phenoxy) is 1. The number of nitrogens with zero attached hydrogens (tertiary/aromatic N) is 2. The normalized spacial score (nSPS) is 12.1. The zero-order chi connectivity index (χ0) is 14.5. The van der Waals surface area contributed by atoms with E-state index in [0.29, 0.717) is 0 Å². The highest BCUT2D eigenvalue weighted by atomic mass is 19.3. The zero-order valence-corrected chi connectivity index (χ0v) is 9.48. The second kappa shape index (κ2) is 6.45. The number of carbonyl (C=O) groups is 1. The number of aliphatic carboxylic acids is 1. The number of halogens is 4. The largest absolute Gasteiger partial charge is 0.481 e. The summed E-state index contributed by atoms with van der Waals surface area (Å²) in [5.41, 5.74) is 0.